The fourth-order valence-corrected chi connectivity index (χ4v) is 1.84. The van der Waals surface area contributed by atoms with Crippen molar-refractivity contribution in [3.63, 3.8) is 0 Å². The number of hydrogen-bond donors (Lipinski definition) is 2. The Balaban J connectivity index is 1.93. The summed E-state index contributed by atoms with van der Waals surface area (Å²) in [5.74, 6) is 0.390. The number of carbonyl (C=O) groups is 1. The van der Waals surface area contributed by atoms with Gasteiger partial charge in [0.1, 0.15) is 5.82 Å². The van der Waals surface area contributed by atoms with Gasteiger partial charge in [0.2, 0.25) is 0 Å². The van der Waals surface area contributed by atoms with Crippen molar-refractivity contribution in [2.24, 2.45) is 0 Å². The van der Waals surface area contributed by atoms with Crippen LogP contribution in [0.5, 0.6) is 0 Å². The lowest BCUT2D eigenvalue weighted by molar-refractivity contribution is 0.0512. The predicted molar refractivity (Wildman–Crippen MR) is 57.1 cm³/mol. The molecule has 16 heavy (non-hydrogen) atoms. The highest BCUT2D eigenvalue weighted by Gasteiger charge is 2.18. The minimum atomic E-state index is -0.468. The highest BCUT2D eigenvalue weighted by atomic mass is 16.5. The maximum atomic E-state index is 11.3. The largest absolute Gasteiger partial charge is 0.460 e. The van der Waals surface area contributed by atoms with Crippen molar-refractivity contribution < 1.29 is 9.53 Å². The molecular weight excluding hydrogens is 208 g/mol. The number of hydrogen-bond acceptors (Lipinski definition) is 5. The van der Waals surface area contributed by atoms with E-state index in [0.29, 0.717) is 12.6 Å². The first-order valence-electron chi connectivity index (χ1n) is 5.61. The number of esters is 1. The minimum absolute atomic E-state index is 0.120. The molecule has 88 valence electrons. The molecule has 1 aromatic rings. The average molecular weight is 224 g/mol. The number of nitrogens with zero attached hydrogens (tertiary/aromatic N) is 2. The summed E-state index contributed by atoms with van der Waals surface area (Å²) in [4.78, 5) is 15.4. The third-order valence-electron chi connectivity index (χ3n) is 2.59. The number of rotatable bonds is 4. The molecule has 1 aromatic heterocycles. The number of nitrogens with one attached hydrogen (secondary N) is 2. The van der Waals surface area contributed by atoms with Crippen LogP contribution in [-0.4, -0.2) is 40.3 Å². The van der Waals surface area contributed by atoms with E-state index >= 15 is 0 Å². The van der Waals surface area contributed by atoms with E-state index < -0.39 is 5.97 Å². The second kappa shape index (κ2) is 5.07. The zero-order valence-electron chi connectivity index (χ0n) is 9.32. The van der Waals surface area contributed by atoms with Gasteiger partial charge in [-0.3, -0.25) is 5.10 Å². The lowest BCUT2D eigenvalue weighted by atomic mass is 10.1. The molecule has 0 spiro atoms. The van der Waals surface area contributed by atoms with E-state index in [1.807, 2.05) is 0 Å². The topological polar surface area (TPSA) is 79.9 Å². The van der Waals surface area contributed by atoms with Gasteiger partial charge in [0.05, 0.1) is 6.61 Å². The Labute approximate surface area is 93.8 Å². The van der Waals surface area contributed by atoms with Gasteiger partial charge in [-0.05, 0) is 26.3 Å². The molecule has 0 amide bonds. The van der Waals surface area contributed by atoms with Crippen molar-refractivity contribution >= 4 is 5.97 Å². The molecule has 2 heterocycles. The summed E-state index contributed by atoms with van der Waals surface area (Å²) < 4.78 is 4.81. The fourth-order valence-electron chi connectivity index (χ4n) is 1.84. The first-order chi connectivity index (χ1) is 7.79. The van der Waals surface area contributed by atoms with Crippen LogP contribution in [-0.2, 0) is 11.2 Å². The molecule has 1 unspecified atom stereocenters. The van der Waals surface area contributed by atoms with Crippen molar-refractivity contribution in [1.82, 2.24) is 20.5 Å². The Kier molecular flexibility index (Phi) is 3.51. The summed E-state index contributed by atoms with van der Waals surface area (Å²) >= 11 is 0. The Morgan fingerprint density at radius 1 is 1.62 bits per heavy atom. The zero-order valence-corrected chi connectivity index (χ0v) is 9.32. The van der Waals surface area contributed by atoms with E-state index in [2.05, 4.69) is 20.5 Å². The summed E-state index contributed by atoms with van der Waals surface area (Å²) in [5, 5.41) is 9.97. The van der Waals surface area contributed by atoms with Crippen LogP contribution in [0.25, 0.3) is 0 Å². The van der Waals surface area contributed by atoms with Crippen LogP contribution in [0, 0.1) is 0 Å². The quantitative estimate of drug-likeness (QED) is 0.718. The van der Waals surface area contributed by atoms with Crippen molar-refractivity contribution in [1.29, 1.82) is 0 Å². The van der Waals surface area contributed by atoms with Crippen molar-refractivity contribution in [3.8, 4) is 0 Å². The molecule has 0 saturated carbocycles. The van der Waals surface area contributed by atoms with Crippen molar-refractivity contribution in [2.45, 2.75) is 32.2 Å². The van der Waals surface area contributed by atoms with Crippen LogP contribution in [0.15, 0.2) is 0 Å². The normalized spacial score (nSPS) is 19.9. The van der Waals surface area contributed by atoms with E-state index in [0.717, 1.165) is 25.2 Å². The molecule has 2 rings (SSSR count). The molecule has 6 heteroatoms. The molecule has 1 aliphatic heterocycles. The number of H-pyrrole nitrogens is 1. The smallest absolute Gasteiger partial charge is 0.378 e. The molecule has 0 radical (unpaired) electrons. The first kappa shape index (κ1) is 11.1. The molecule has 1 atom stereocenters. The van der Waals surface area contributed by atoms with E-state index in [1.54, 1.807) is 6.92 Å². The van der Waals surface area contributed by atoms with Crippen LogP contribution in [0.4, 0.5) is 0 Å². The zero-order chi connectivity index (χ0) is 11.4. The van der Waals surface area contributed by atoms with Crippen LogP contribution in [0.2, 0.25) is 0 Å². The lowest BCUT2D eigenvalue weighted by Gasteiger charge is -2.05. The van der Waals surface area contributed by atoms with Gasteiger partial charge < -0.3 is 10.1 Å². The van der Waals surface area contributed by atoms with Gasteiger partial charge in [-0.2, -0.15) is 0 Å². The molecule has 1 aliphatic rings. The SMILES string of the molecule is CCOC(=O)c1n[nH]c(CC2CCCN2)n1. The molecule has 0 aliphatic carbocycles. The van der Waals surface area contributed by atoms with Crippen LogP contribution >= 0.6 is 0 Å². The van der Waals surface area contributed by atoms with E-state index in [9.17, 15) is 4.79 Å². The van der Waals surface area contributed by atoms with E-state index in [4.69, 9.17) is 4.74 Å². The lowest BCUT2D eigenvalue weighted by Crippen LogP contribution is -2.24. The molecular formula is C10H16N4O2. The maximum Gasteiger partial charge on any atom is 0.378 e. The summed E-state index contributed by atoms with van der Waals surface area (Å²) in [7, 11) is 0. The van der Waals surface area contributed by atoms with Gasteiger partial charge in [0.15, 0.2) is 0 Å². The van der Waals surface area contributed by atoms with Gasteiger partial charge in [0, 0.05) is 12.5 Å². The minimum Gasteiger partial charge on any atom is -0.460 e. The molecule has 0 aromatic carbocycles. The van der Waals surface area contributed by atoms with Gasteiger partial charge in [-0.1, -0.05) is 0 Å². The van der Waals surface area contributed by atoms with Gasteiger partial charge in [0.25, 0.3) is 5.82 Å². The number of aromatic amines is 1. The van der Waals surface area contributed by atoms with Gasteiger partial charge in [-0.25, -0.2) is 9.78 Å². The summed E-state index contributed by atoms with van der Waals surface area (Å²) in [6, 6.07) is 0.447. The van der Waals surface area contributed by atoms with Crippen LogP contribution < -0.4 is 5.32 Å². The van der Waals surface area contributed by atoms with Gasteiger partial charge in [-0.15, -0.1) is 5.10 Å². The molecule has 2 N–H and O–H groups in total. The Hall–Kier alpha value is -1.43. The molecule has 1 saturated heterocycles. The Morgan fingerprint density at radius 3 is 3.19 bits per heavy atom. The third kappa shape index (κ3) is 2.57. The van der Waals surface area contributed by atoms with Crippen LogP contribution in [0.1, 0.15) is 36.2 Å². The molecule has 1 fully saturated rings. The predicted octanol–water partition coefficient (Wildman–Crippen LogP) is 0.276. The standard InChI is InChI=1S/C10H16N4O2/c1-2-16-10(15)9-12-8(13-14-9)6-7-4-3-5-11-7/h7,11H,2-6H2,1H3,(H,12,13,14). The summed E-state index contributed by atoms with van der Waals surface area (Å²) in [6.07, 6.45) is 3.13. The number of aromatic nitrogens is 3. The summed E-state index contributed by atoms with van der Waals surface area (Å²) in [6.45, 7) is 3.16. The second-order valence-electron chi connectivity index (χ2n) is 3.82. The Bertz CT molecular complexity index is 357. The highest BCUT2D eigenvalue weighted by molar-refractivity contribution is 5.84. The maximum absolute atomic E-state index is 11.3. The third-order valence-corrected chi connectivity index (χ3v) is 2.59. The molecule has 0 bridgehead atoms. The average Bonchev–Trinajstić information content (AvgIpc) is 2.90. The first-order valence-corrected chi connectivity index (χ1v) is 5.61. The second-order valence-corrected chi connectivity index (χ2v) is 3.82. The number of carbonyl (C=O) groups excluding carboxylic acids is 1. The van der Waals surface area contributed by atoms with Crippen molar-refractivity contribution in [2.75, 3.05) is 13.2 Å². The molecule has 6 nitrogen and oxygen atoms in total. The van der Waals surface area contributed by atoms with E-state index in [1.165, 1.54) is 6.42 Å². The monoisotopic (exact) mass is 224 g/mol. The number of ether oxygens (including phenoxy) is 1. The van der Waals surface area contributed by atoms with Crippen LogP contribution in [0.3, 0.4) is 0 Å². The van der Waals surface area contributed by atoms with E-state index in [-0.39, 0.29) is 5.82 Å². The Morgan fingerprint density at radius 2 is 2.50 bits per heavy atom. The summed E-state index contributed by atoms with van der Waals surface area (Å²) in [5.41, 5.74) is 0. The fraction of sp³-hybridized carbons (Fsp3) is 0.700. The highest BCUT2D eigenvalue weighted by Crippen LogP contribution is 2.09. The van der Waals surface area contributed by atoms with Gasteiger partial charge >= 0.3 is 5.97 Å². The van der Waals surface area contributed by atoms with Crippen molar-refractivity contribution in [3.05, 3.63) is 11.6 Å².